The monoisotopic (exact) mass is 242 g/mol. The highest BCUT2D eigenvalue weighted by Gasteiger charge is 2.34. The first kappa shape index (κ1) is 14.0. The SMILES string of the molecule is CC(C)OCCN1CC(=O)NC(C(C)C)C1=O. The molecule has 2 amide bonds. The molecule has 5 heteroatoms. The minimum absolute atomic E-state index is 0.00745. The molecule has 1 aliphatic rings. The minimum atomic E-state index is -0.393. The maximum atomic E-state index is 12.0. The molecular weight excluding hydrogens is 220 g/mol. The molecule has 0 aromatic carbocycles. The van der Waals surface area contributed by atoms with Crippen LogP contribution in [-0.4, -0.2) is 48.6 Å². The fraction of sp³-hybridized carbons (Fsp3) is 0.833. The van der Waals surface area contributed by atoms with Gasteiger partial charge in [-0.1, -0.05) is 13.8 Å². The van der Waals surface area contributed by atoms with Crippen LogP contribution in [0.5, 0.6) is 0 Å². The zero-order valence-corrected chi connectivity index (χ0v) is 11.0. The van der Waals surface area contributed by atoms with Crippen molar-refractivity contribution in [2.45, 2.75) is 39.8 Å². The molecule has 0 aromatic rings. The number of amides is 2. The van der Waals surface area contributed by atoms with Crippen molar-refractivity contribution >= 4 is 11.8 Å². The van der Waals surface area contributed by atoms with Crippen LogP contribution < -0.4 is 5.32 Å². The van der Waals surface area contributed by atoms with Gasteiger partial charge in [0.25, 0.3) is 0 Å². The molecule has 0 saturated carbocycles. The van der Waals surface area contributed by atoms with E-state index in [1.807, 2.05) is 27.7 Å². The molecule has 0 spiro atoms. The lowest BCUT2D eigenvalue weighted by Crippen LogP contribution is -2.60. The van der Waals surface area contributed by atoms with Crippen molar-refractivity contribution in [3.63, 3.8) is 0 Å². The predicted octanol–water partition coefficient (Wildman–Crippen LogP) is 0.394. The summed E-state index contributed by atoms with van der Waals surface area (Å²) < 4.78 is 5.40. The highest BCUT2D eigenvalue weighted by Crippen LogP contribution is 2.10. The van der Waals surface area contributed by atoms with Crippen LogP contribution in [0.2, 0.25) is 0 Å². The maximum absolute atomic E-state index is 12.0. The van der Waals surface area contributed by atoms with Gasteiger partial charge in [-0.05, 0) is 19.8 Å². The van der Waals surface area contributed by atoms with E-state index in [2.05, 4.69) is 5.32 Å². The van der Waals surface area contributed by atoms with Gasteiger partial charge < -0.3 is 15.0 Å². The highest BCUT2D eigenvalue weighted by atomic mass is 16.5. The standard InChI is InChI=1S/C12H22N2O3/c1-8(2)11-12(16)14(7-10(15)13-11)5-6-17-9(3)4/h8-9,11H,5-7H2,1-4H3,(H,13,15). The Balaban J connectivity index is 2.52. The summed E-state index contributed by atoms with van der Waals surface area (Å²) in [6.45, 7) is 8.84. The lowest BCUT2D eigenvalue weighted by molar-refractivity contribution is -0.146. The van der Waals surface area contributed by atoms with Gasteiger partial charge in [0.15, 0.2) is 0 Å². The van der Waals surface area contributed by atoms with E-state index >= 15 is 0 Å². The van der Waals surface area contributed by atoms with Crippen molar-refractivity contribution in [3.8, 4) is 0 Å². The van der Waals surface area contributed by atoms with E-state index in [-0.39, 0.29) is 30.4 Å². The van der Waals surface area contributed by atoms with Gasteiger partial charge in [0.05, 0.1) is 19.3 Å². The molecule has 0 radical (unpaired) electrons. The van der Waals surface area contributed by atoms with E-state index in [1.54, 1.807) is 4.90 Å². The molecule has 1 rings (SSSR count). The average molecular weight is 242 g/mol. The summed E-state index contributed by atoms with van der Waals surface area (Å²) in [6.07, 6.45) is 0.143. The second-order valence-corrected chi connectivity index (χ2v) is 4.97. The molecule has 1 saturated heterocycles. The molecule has 98 valence electrons. The molecule has 0 bridgehead atoms. The largest absolute Gasteiger partial charge is 0.377 e. The average Bonchev–Trinajstić information content (AvgIpc) is 2.21. The van der Waals surface area contributed by atoms with Crippen LogP contribution in [0.4, 0.5) is 0 Å². The second-order valence-electron chi connectivity index (χ2n) is 4.97. The number of nitrogens with one attached hydrogen (secondary N) is 1. The minimum Gasteiger partial charge on any atom is -0.377 e. The Morgan fingerprint density at radius 1 is 1.35 bits per heavy atom. The second kappa shape index (κ2) is 6.00. The summed E-state index contributed by atoms with van der Waals surface area (Å²) in [7, 11) is 0. The summed E-state index contributed by atoms with van der Waals surface area (Å²) in [4.78, 5) is 25.1. The fourth-order valence-electron chi connectivity index (χ4n) is 1.77. The van der Waals surface area contributed by atoms with Crippen molar-refractivity contribution in [1.29, 1.82) is 0 Å². The first-order chi connectivity index (χ1) is 7.91. The topological polar surface area (TPSA) is 58.6 Å². The van der Waals surface area contributed by atoms with Crippen molar-refractivity contribution in [1.82, 2.24) is 10.2 Å². The Hall–Kier alpha value is -1.10. The number of rotatable bonds is 5. The Bertz CT molecular complexity index is 289. The van der Waals surface area contributed by atoms with E-state index in [0.717, 1.165) is 0 Å². The molecule has 5 nitrogen and oxygen atoms in total. The van der Waals surface area contributed by atoms with Gasteiger partial charge in [-0.25, -0.2) is 0 Å². The molecule has 1 N–H and O–H groups in total. The number of carbonyl (C=O) groups is 2. The zero-order chi connectivity index (χ0) is 13.0. The van der Waals surface area contributed by atoms with Gasteiger partial charge in [-0.2, -0.15) is 0 Å². The lowest BCUT2D eigenvalue weighted by atomic mass is 10.0. The number of carbonyl (C=O) groups excluding carboxylic acids is 2. The number of ether oxygens (including phenoxy) is 1. The Morgan fingerprint density at radius 3 is 2.53 bits per heavy atom. The summed E-state index contributed by atoms with van der Waals surface area (Å²) in [6, 6.07) is -0.393. The third-order valence-corrected chi connectivity index (χ3v) is 2.71. The number of piperazine rings is 1. The van der Waals surface area contributed by atoms with Gasteiger partial charge in [0, 0.05) is 6.54 Å². The van der Waals surface area contributed by atoms with Gasteiger partial charge in [0.1, 0.15) is 6.04 Å². The maximum Gasteiger partial charge on any atom is 0.245 e. The zero-order valence-electron chi connectivity index (χ0n) is 11.0. The smallest absolute Gasteiger partial charge is 0.245 e. The predicted molar refractivity (Wildman–Crippen MR) is 64.4 cm³/mol. The Labute approximate surface area is 102 Å². The van der Waals surface area contributed by atoms with Crippen molar-refractivity contribution in [2.75, 3.05) is 19.7 Å². The summed E-state index contributed by atoms with van der Waals surface area (Å²) >= 11 is 0. The Morgan fingerprint density at radius 2 is 2.00 bits per heavy atom. The van der Waals surface area contributed by atoms with E-state index < -0.39 is 6.04 Å². The van der Waals surface area contributed by atoms with Crippen LogP contribution in [-0.2, 0) is 14.3 Å². The summed E-state index contributed by atoms with van der Waals surface area (Å²) in [5.41, 5.74) is 0. The van der Waals surface area contributed by atoms with Crippen LogP contribution in [0.25, 0.3) is 0 Å². The third kappa shape index (κ3) is 4.00. The fourth-order valence-corrected chi connectivity index (χ4v) is 1.77. The molecule has 1 unspecified atom stereocenters. The van der Waals surface area contributed by atoms with Gasteiger partial charge in [-0.15, -0.1) is 0 Å². The molecule has 0 aromatic heterocycles. The first-order valence-electron chi connectivity index (χ1n) is 6.11. The highest BCUT2D eigenvalue weighted by molar-refractivity contribution is 5.94. The van der Waals surface area contributed by atoms with Crippen LogP contribution in [0.3, 0.4) is 0 Å². The first-order valence-corrected chi connectivity index (χ1v) is 6.11. The van der Waals surface area contributed by atoms with E-state index in [4.69, 9.17) is 4.74 Å². The van der Waals surface area contributed by atoms with Gasteiger partial charge >= 0.3 is 0 Å². The van der Waals surface area contributed by atoms with E-state index in [0.29, 0.717) is 13.2 Å². The summed E-state index contributed by atoms with van der Waals surface area (Å²) in [5.74, 6) is 0.0140. The molecule has 17 heavy (non-hydrogen) atoms. The van der Waals surface area contributed by atoms with Crippen molar-refractivity contribution < 1.29 is 14.3 Å². The number of hydrogen-bond donors (Lipinski definition) is 1. The van der Waals surface area contributed by atoms with Gasteiger partial charge in [0.2, 0.25) is 11.8 Å². The van der Waals surface area contributed by atoms with Crippen LogP contribution in [0.15, 0.2) is 0 Å². The molecular formula is C12H22N2O3. The molecule has 1 atom stereocenters. The normalized spacial score (nSPS) is 21.3. The van der Waals surface area contributed by atoms with E-state index in [9.17, 15) is 9.59 Å². The summed E-state index contributed by atoms with van der Waals surface area (Å²) in [5, 5.41) is 2.72. The van der Waals surface area contributed by atoms with Crippen LogP contribution in [0, 0.1) is 5.92 Å². The Kier molecular flexibility index (Phi) is 4.93. The molecule has 1 heterocycles. The quantitative estimate of drug-likeness (QED) is 0.759. The molecule has 1 aliphatic heterocycles. The third-order valence-electron chi connectivity index (χ3n) is 2.71. The van der Waals surface area contributed by atoms with E-state index in [1.165, 1.54) is 0 Å². The number of hydrogen-bond acceptors (Lipinski definition) is 3. The lowest BCUT2D eigenvalue weighted by Gasteiger charge is -2.34. The van der Waals surface area contributed by atoms with Crippen LogP contribution in [0.1, 0.15) is 27.7 Å². The van der Waals surface area contributed by atoms with Gasteiger partial charge in [-0.3, -0.25) is 9.59 Å². The van der Waals surface area contributed by atoms with Crippen molar-refractivity contribution in [2.24, 2.45) is 5.92 Å². The van der Waals surface area contributed by atoms with Crippen molar-refractivity contribution in [3.05, 3.63) is 0 Å². The van der Waals surface area contributed by atoms with Crippen LogP contribution >= 0.6 is 0 Å². The molecule has 0 aliphatic carbocycles. The molecule has 1 fully saturated rings. The number of nitrogens with zero attached hydrogens (tertiary/aromatic N) is 1.